The maximum atomic E-state index is 10.1. The van der Waals surface area contributed by atoms with Crippen molar-refractivity contribution in [1.82, 2.24) is 0 Å². The number of aliphatic imine (C=N–C) groups is 1. The molecule has 0 unspecified atom stereocenters. The molecule has 108 valence electrons. The van der Waals surface area contributed by atoms with Crippen LogP contribution in [0.2, 0.25) is 0 Å². The fourth-order valence-electron chi connectivity index (χ4n) is 2.59. The van der Waals surface area contributed by atoms with Crippen molar-refractivity contribution in [2.75, 3.05) is 13.3 Å². The summed E-state index contributed by atoms with van der Waals surface area (Å²) in [4.78, 5) is 14.1. The van der Waals surface area contributed by atoms with Crippen molar-refractivity contribution < 1.29 is 4.74 Å². The molecule has 0 saturated heterocycles. The van der Waals surface area contributed by atoms with Crippen LogP contribution in [0.4, 0.5) is 0 Å². The van der Waals surface area contributed by atoms with Crippen molar-refractivity contribution >= 4 is 5.71 Å². The molecular weight excluding hydrogens is 252 g/mol. The molecule has 4 heteroatoms. The third-order valence-corrected chi connectivity index (χ3v) is 3.85. The Morgan fingerprint density at radius 3 is 2.55 bits per heavy atom. The first-order valence-corrected chi connectivity index (χ1v) is 7.33. The molecule has 1 aliphatic rings. The Kier molecular flexibility index (Phi) is 5.71. The summed E-state index contributed by atoms with van der Waals surface area (Å²) in [5.74, 6) is 1.62. The lowest BCUT2D eigenvalue weighted by molar-refractivity contribution is 0.209. The van der Waals surface area contributed by atoms with Gasteiger partial charge in [-0.05, 0) is 60.7 Å². The van der Waals surface area contributed by atoms with E-state index in [9.17, 15) is 4.91 Å². The Morgan fingerprint density at radius 2 is 1.90 bits per heavy atom. The van der Waals surface area contributed by atoms with Gasteiger partial charge in [-0.25, -0.2) is 0 Å². The number of ether oxygens (including phenoxy) is 1. The highest BCUT2D eigenvalue weighted by molar-refractivity contribution is 5.98. The molecule has 1 aromatic rings. The van der Waals surface area contributed by atoms with Gasteiger partial charge in [-0.3, -0.25) is 4.99 Å². The monoisotopic (exact) mass is 274 g/mol. The molecule has 1 aromatic carbocycles. The van der Waals surface area contributed by atoms with Crippen LogP contribution in [0.15, 0.2) is 34.4 Å². The number of rotatable bonds is 6. The average Bonchev–Trinajstić information content (AvgIpc) is 2.52. The van der Waals surface area contributed by atoms with Crippen LogP contribution in [-0.4, -0.2) is 19.0 Å². The topological polar surface area (TPSA) is 51.0 Å². The molecule has 0 atom stereocenters. The minimum atomic E-state index is -0.0221. The second-order valence-electron chi connectivity index (χ2n) is 5.35. The zero-order valence-electron chi connectivity index (χ0n) is 12.0. The fourth-order valence-corrected chi connectivity index (χ4v) is 2.59. The quantitative estimate of drug-likeness (QED) is 0.577. The van der Waals surface area contributed by atoms with E-state index in [1.165, 1.54) is 32.1 Å². The van der Waals surface area contributed by atoms with Crippen LogP contribution >= 0.6 is 0 Å². The SMILES string of the molecule is C/C(=N\CN=O)c1ccc(OCC2CCCCC2)cc1. The Bertz CT molecular complexity index is 448. The van der Waals surface area contributed by atoms with Crippen molar-refractivity contribution in [2.24, 2.45) is 16.1 Å². The second kappa shape index (κ2) is 7.78. The van der Waals surface area contributed by atoms with Gasteiger partial charge in [-0.15, -0.1) is 4.91 Å². The van der Waals surface area contributed by atoms with Crippen LogP contribution in [0.5, 0.6) is 5.75 Å². The van der Waals surface area contributed by atoms with Gasteiger partial charge in [0.2, 0.25) is 0 Å². The summed E-state index contributed by atoms with van der Waals surface area (Å²) in [6.45, 7) is 2.68. The van der Waals surface area contributed by atoms with E-state index in [0.29, 0.717) is 5.92 Å². The summed E-state index contributed by atoms with van der Waals surface area (Å²) >= 11 is 0. The lowest BCUT2D eigenvalue weighted by Crippen LogP contribution is -2.15. The van der Waals surface area contributed by atoms with Crippen LogP contribution in [0.1, 0.15) is 44.6 Å². The molecule has 0 N–H and O–H groups in total. The molecule has 1 aliphatic carbocycles. The highest BCUT2D eigenvalue weighted by Crippen LogP contribution is 2.24. The fraction of sp³-hybridized carbons (Fsp3) is 0.562. The number of hydrogen-bond acceptors (Lipinski definition) is 4. The number of nitrogens with zero attached hydrogens (tertiary/aromatic N) is 2. The minimum Gasteiger partial charge on any atom is -0.493 e. The molecule has 0 amide bonds. The smallest absolute Gasteiger partial charge is 0.171 e. The zero-order valence-corrected chi connectivity index (χ0v) is 12.0. The zero-order chi connectivity index (χ0) is 14.2. The molecule has 20 heavy (non-hydrogen) atoms. The van der Waals surface area contributed by atoms with Crippen molar-refractivity contribution in [3.05, 3.63) is 34.7 Å². The van der Waals surface area contributed by atoms with E-state index < -0.39 is 0 Å². The molecule has 0 radical (unpaired) electrons. The Morgan fingerprint density at radius 1 is 1.20 bits per heavy atom. The first-order valence-electron chi connectivity index (χ1n) is 7.33. The summed E-state index contributed by atoms with van der Waals surface area (Å²) in [6.07, 6.45) is 6.64. The molecule has 1 fully saturated rings. The maximum Gasteiger partial charge on any atom is 0.171 e. The van der Waals surface area contributed by atoms with Gasteiger partial charge < -0.3 is 4.74 Å². The van der Waals surface area contributed by atoms with Gasteiger partial charge in [-0.1, -0.05) is 19.3 Å². The molecule has 2 rings (SSSR count). The number of hydrogen-bond donors (Lipinski definition) is 0. The van der Waals surface area contributed by atoms with E-state index in [1.54, 1.807) is 0 Å². The lowest BCUT2D eigenvalue weighted by Gasteiger charge is -2.21. The molecular formula is C16H22N2O2. The number of benzene rings is 1. The van der Waals surface area contributed by atoms with E-state index >= 15 is 0 Å². The molecule has 0 spiro atoms. The van der Waals surface area contributed by atoms with Gasteiger partial charge in [0.1, 0.15) is 5.75 Å². The summed E-state index contributed by atoms with van der Waals surface area (Å²) in [5, 5.41) is 2.74. The van der Waals surface area contributed by atoms with Crippen LogP contribution in [-0.2, 0) is 0 Å². The van der Waals surface area contributed by atoms with Crippen LogP contribution in [0.3, 0.4) is 0 Å². The van der Waals surface area contributed by atoms with Crippen LogP contribution in [0.25, 0.3) is 0 Å². The van der Waals surface area contributed by atoms with Gasteiger partial charge in [0.05, 0.1) is 6.61 Å². The molecule has 0 bridgehead atoms. The maximum absolute atomic E-state index is 10.1. The third kappa shape index (κ3) is 4.44. The summed E-state index contributed by atoms with van der Waals surface area (Å²) < 4.78 is 5.85. The van der Waals surface area contributed by atoms with Gasteiger partial charge in [0.15, 0.2) is 6.67 Å². The van der Waals surface area contributed by atoms with Crippen molar-refractivity contribution in [2.45, 2.75) is 39.0 Å². The third-order valence-electron chi connectivity index (χ3n) is 3.85. The van der Waals surface area contributed by atoms with Gasteiger partial charge >= 0.3 is 0 Å². The highest BCUT2D eigenvalue weighted by Gasteiger charge is 2.13. The molecule has 0 aliphatic heterocycles. The molecule has 1 saturated carbocycles. The van der Waals surface area contributed by atoms with Crippen LogP contribution in [0, 0.1) is 10.8 Å². The Labute approximate surface area is 120 Å². The summed E-state index contributed by atoms with van der Waals surface area (Å²) in [7, 11) is 0. The minimum absolute atomic E-state index is 0.0221. The lowest BCUT2D eigenvalue weighted by atomic mass is 9.90. The highest BCUT2D eigenvalue weighted by atomic mass is 16.5. The molecule has 4 nitrogen and oxygen atoms in total. The Hall–Kier alpha value is -1.71. The van der Waals surface area contributed by atoms with Gasteiger partial charge in [0, 0.05) is 5.71 Å². The van der Waals surface area contributed by atoms with Gasteiger partial charge in [-0.2, -0.15) is 0 Å². The van der Waals surface area contributed by atoms with Crippen molar-refractivity contribution in [3.63, 3.8) is 0 Å². The normalized spacial score (nSPS) is 16.9. The van der Waals surface area contributed by atoms with E-state index in [-0.39, 0.29) is 6.67 Å². The molecule has 0 aromatic heterocycles. The van der Waals surface area contributed by atoms with E-state index in [0.717, 1.165) is 23.6 Å². The predicted octanol–water partition coefficient (Wildman–Crippen LogP) is 4.18. The van der Waals surface area contributed by atoms with Crippen molar-refractivity contribution in [1.29, 1.82) is 0 Å². The van der Waals surface area contributed by atoms with Crippen molar-refractivity contribution in [3.8, 4) is 5.75 Å². The van der Waals surface area contributed by atoms with Crippen LogP contribution < -0.4 is 4.74 Å². The largest absolute Gasteiger partial charge is 0.493 e. The van der Waals surface area contributed by atoms with E-state index in [4.69, 9.17) is 4.74 Å². The van der Waals surface area contributed by atoms with E-state index in [1.807, 2.05) is 31.2 Å². The summed E-state index contributed by atoms with van der Waals surface area (Å²) in [6, 6.07) is 7.87. The summed E-state index contributed by atoms with van der Waals surface area (Å²) in [5.41, 5.74) is 1.82. The standard InChI is InChI=1S/C16H22N2O2/c1-13(17-12-18-19)15-7-9-16(10-8-15)20-11-14-5-3-2-4-6-14/h7-10,14H,2-6,11-12H2,1H3/b17-13+. The van der Waals surface area contributed by atoms with Gasteiger partial charge in [0.25, 0.3) is 0 Å². The predicted molar refractivity (Wildman–Crippen MR) is 81.4 cm³/mol. The Balaban J connectivity index is 1.86. The average molecular weight is 274 g/mol. The van der Waals surface area contributed by atoms with E-state index in [2.05, 4.69) is 10.2 Å². The molecule has 0 heterocycles. The first-order chi connectivity index (χ1) is 9.79. The number of nitroso groups, excluding NO2 is 1. The first kappa shape index (κ1) is 14.7. The second-order valence-corrected chi connectivity index (χ2v) is 5.35.